The van der Waals surface area contributed by atoms with Crippen LogP contribution in [-0.4, -0.2) is 34.3 Å². The highest BCUT2D eigenvalue weighted by atomic mass is 35.5. The summed E-state index contributed by atoms with van der Waals surface area (Å²) in [5.74, 6) is 2.65. The van der Waals surface area contributed by atoms with Gasteiger partial charge in [-0.15, -0.1) is 0 Å². The molecule has 1 aromatic heterocycles. The highest BCUT2D eigenvalue weighted by Gasteiger charge is 2.30. The lowest BCUT2D eigenvalue weighted by Gasteiger charge is -2.19. The van der Waals surface area contributed by atoms with E-state index in [0.717, 1.165) is 31.2 Å². The van der Waals surface area contributed by atoms with Gasteiger partial charge >= 0.3 is 0 Å². The van der Waals surface area contributed by atoms with Crippen molar-refractivity contribution in [3.05, 3.63) is 17.0 Å². The summed E-state index contributed by atoms with van der Waals surface area (Å²) in [5, 5.41) is 10.2. The van der Waals surface area contributed by atoms with E-state index >= 15 is 0 Å². The number of halogens is 1. The van der Waals surface area contributed by atoms with E-state index < -0.39 is 0 Å². The Morgan fingerprint density at radius 1 is 1.39 bits per heavy atom. The van der Waals surface area contributed by atoms with Gasteiger partial charge in [0.15, 0.2) is 0 Å². The van der Waals surface area contributed by atoms with E-state index in [2.05, 4.69) is 14.9 Å². The molecule has 2 fully saturated rings. The van der Waals surface area contributed by atoms with Crippen LogP contribution < -0.4 is 4.90 Å². The average Bonchev–Trinajstić information content (AvgIpc) is 3.05. The van der Waals surface area contributed by atoms with Crippen LogP contribution in [0, 0.1) is 5.92 Å². The van der Waals surface area contributed by atoms with Gasteiger partial charge in [0.25, 0.3) is 0 Å². The van der Waals surface area contributed by atoms with E-state index in [1.807, 2.05) is 13.0 Å². The van der Waals surface area contributed by atoms with E-state index in [0.29, 0.717) is 17.0 Å². The Bertz CT molecular complexity index is 448. The van der Waals surface area contributed by atoms with Crippen molar-refractivity contribution in [2.24, 2.45) is 5.92 Å². The summed E-state index contributed by atoms with van der Waals surface area (Å²) >= 11 is 6.07. The summed E-state index contributed by atoms with van der Waals surface area (Å²) in [7, 11) is 0. The molecule has 1 aliphatic carbocycles. The summed E-state index contributed by atoms with van der Waals surface area (Å²) in [4.78, 5) is 11.1. The minimum Gasteiger partial charge on any atom is -0.393 e. The molecule has 0 amide bonds. The molecule has 18 heavy (non-hydrogen) atoms. The fraction of sp³-hybridized carbons (Fsp3) is 0.692. The molecule has 2 heterocycles. The van der Waals surface area contributed by atoms with Gasteiger partial charge in [-0.1, -0.05) is 11.6 Å². The maximum atomic E-state index is 9.64. The second-order valence-corrected chi connectivity index (χ2v) is 5.80. The quantitative estimate of drug-likeness (QED) is 0.853. The average molecular weight is 268 g/mol. The summed E-state index contributed by atoms with van der Waals surface area (Å²) in [6.45, 7) is 3.65. The lowest BCUT2D eigenvalue weighted by atomic mass is 10.0. The summed E-state index contributed by atoms with van der Waals surface area (Å²) in [5.41, 5.74) is 0. The van der Waals surface area contributed by atoms with E-state index in [9.17, 15) is 5.11 Å². The van der Waals surface area contributed by atoms with E-state index in [-0.39, 0.29) is 6.10 Å². The van der Waals surface area contributed by atoms with Gasteiger partial charge in [-0.3, -0.25) is 0 Å². The molecule has 1 aromatic rings. The van der Waals surface area contributed by atoms with E-state index in [1.165, 1.54) is 12.8 Å². The topological polar surface area (TPSA) is 49.2 Å². The molecule has 5 heteroatoms. The molecule has 0 radical (unpaired) electrons. The molecule has 1 aliphatic heterocycles. The second kappa shape index (κ2) is 4.67. The first kappa shape index (κ1) is 12.2. The van der Waals surface area contributed by atoms with Gasteiger partial charge in [0.1, 0.15) is 16.8 Å². The Balaban J connectivity index is 1.79. The highest BCUT2D eigenvalue weighted by Crippen LogP contribution is 2.39. The Hall–Kier alpha value is -0.870. The molecule has 3 rings (SSSR count). The fourth-order valence-corrected chi connectivity index (χ4v) is 2.68. The van der Waals surface area contributed by atoms with Crippen LogP contribution in [0.1, 0.15) is 37.9 Å². The van der Waals surface area contributed by atoms with E-state index in [4.69, 9.17) is 11.6 Å². The number of rotatable bonds is 3. The zero-order valence-corrected chi connectivity index (χ0v) is 11.3. The molecule has 0 spiro atoms. The molecule has 0 bridgehead atoms. The number of anilines is 1. The smallest absolute Gasteiger partial charge is 0.135 e. The molecule has 1 N–H and O–H groups in total. The van der Waals surface area contributed by atoms with Crippen molar-refractivity contribution < 1.29 is 5.11 Å². The van der Waals surface area contributed by atoms with Crippen molar-refractivity contribution >= 4 is 17.4 Å². The van der Waals surface area contributed by atoms with Crippen LogP contribution in [0.2, 0.25) is 5.15 Å². The predicted molar refractivity (Wildman–Crippen MR) is 71.0 cm³/mol. The van der Waals surface area contributed by atoms with Crippen LogP contribution in [0.15, 0.2) is 6.07 Å². The summed E-state index contributed by atoms with van der Waals surface area (Å²) < 4.78 is 0. The third-order valence-electron chi connectivity index (χ3n) is 3.87. The lowest BCUT2D eigenvalue weighted by Crippen LogP contribution is -2.25. The van der Waals surface area contributed by atoms with Crippen molar-refractivity contribution in [3.63, 3.8) is 0 Å². The summed E-state index contributed by atoms with van der Waals surface area (Å²) in [6, 6.07) is 1.83. The minimum atomic E-state index is -0.254. The van der Waals surface area contributed by atoms with Crippen LogP contribution in [0.3, 0.4) is 0 Å². The molecule has 1 saturated heterocycles. The SMILES string of the molecule is CC(O)C1CCN(c2cc(Cl)nc(C3CC3)n2)C1. The van der Waals surface area contributed by atoms with Gasteiger partial charge in [-0.05, 0) is 26.2 Å². The molecule has 4 nitrogen and oxygen atoms in total. The van der Waals surface area contributed by atoms with Crippen LogP contribution in [-0.2, 0) is 0 Å². The van der Waals surface area contributed by atoms with Gasteiger partial charge in [-0.25, -0.2) is 9.97 Å². The lowest BCUT2D eigenvalue weighted by molar-refractivity contribution is 0.136. The number of hydrogen-bond donors (Lipinski definition) is 1. The summed E-state index contributed by atoms with van der Waals surface area (Å²) in [6.07, 6.45) is 3.11. The zero-order chi connectivity index (χ0) is 12.7. The zero-order valence-electron chi connectivity index (χ0n) is 10.5. The Kier molecular flexibility index (Phi) is 3.16. The molecule has 2 aliphatic rings. The van der Waals surface area contributed by atoms with Gasteiger partial charge in [0.2, 0.25) is 0 Å². The molecule has 1 saturated carbocycles. The van der Waals surface area contributed by atoms with Gasteiger partial charge < -0.3 is 10.0 Å². The first-order valence-electron chi connectivity index (χ1n) is 6.61. The van der Waals surface area contributed by atoms with Crippen LogP contribution in [0.25, 0.3) is 0 Å². The maximum Gasteiger partial charge on any atom is 0.135 e. The molecular weight excluding hydrogens is 250 g/mol. The molecule has 0 aromatic carbocycles. The van der Waals surface area contributed by atoms with Crippen LogP contribution in [0.4, 0.5) is 5.82 Å². The van der Waals surface area contributed by atoms with Crippen molar-refractivity contribution in [1.29, 1.82) is 0 Å². The molecule has 2 unspecified atom stereocenters. The first-order chi connectivity index (χ1) is 8.63. The van der Waals surface area contributed by atoms with Crippen molar-refractivity contribution in [1.82, 2.24) is 9.97 Å². The highest BCUT2D eigenvalue weighted by molar-refractivity contribution is 6.29. The Morgan fingerprint density at radius 3 is 2.78 bits per heavy atom. The third-order valence-corrected chi connectivity index (χ3v) is 4.07. The predicted octanol–water partition coefficient (Wildman–Crippen LogP) is 2.21. The maximum absolute atomic E-state index is 9.64. The number of aliphatic hydroxyl groups is 1. The van der Waals surface area contributed by atoms with Crippen LogP contribution in [0.5, 0.6) is 0 Å². The normalized spacial score (nSPS) is 25.5. The second-order valence-electron chi connectivity index (χ2n) is 5.42. The van der Waals surface area contributed by atoms with E-state index in [1.54, 1.807) is 0 Å². The van der Waals surface area contributed by atoms with Gasteiger partial charge in [0, 0.05) is 31.0 Å². The van der Waals surface area contributed by atoms with Crippen molar-refractivity contribution in [2.45, 2.75) is 38.2 Å². The number of hydrogen-bond acceptors (Lipinski definition) is 4. The Labute approximate surface area is 112 Å². The molecular formula is C13H18ClN3O. The standard InChI is InChI=1S/C13H18ClN3O/c1-8(18)10-4-5-17(7-10)12-6-11(14)15-13(16-12)9-2-3-9/h6,8-10,18H,2-5,7H2,1H3. The number of aromatic nitrogens is 2. The number of nitrogens with zero attached hydrogens (tertiary/aromatic N) is 3. The molecule has 2 atom stereocenters. The monoisotopic (exact) mass is 267 g/mol. The largest absolute Gasteiger partial charge is 0.393 e. The van der Waals surface area contributed by atoms with Crippen molar-refractivity contribution in [2.75, 3.05) is 18.0 Å². The van der Waals surface area contributed by atoms with Gasteiger partial charge in [-0.2, -0.15) is 0 Å². The van der Waals surface area contributed by atoms with Crippen LogP contribution >= 0.6 is 11.6 Å². The molecule has 98 valence electrons. The third kappa shape index (κ3) is 2.45. The first-order valence-corrected chi connectivity index (χ1v) is 6.99. The number of aliphatic hydroxyl groups excluding tert-OH is 1. The minimum absolute atomic E-state index is 0.254. The van der Waals surface area contributed by atoms with Crippen molar-refractivity contribution in [3.8, 4) is 0 Å². The van der Waals surface area contributed by atoms with Gasteiger partial charge in [0.05, 0.1) is 6.10 Å². The Morgan fingerprint density at radius 2 is 2.17 bits per heavy atom. The fourth-order valence-electron chi connectivity index (χ4n) is 2.50.